The van der Waals surface area contributed by atoms with Crippen LogP contribution in [0.25, 0.3) is 0 Å². The molecule has 1 aliphatic carbocycles. The predicted octanol–water partition coefficient (Wildman–Crippen LogP) is 2.99. The van der Waals surface area contributed by atoms with Gasteiger partial charge in [0.05, 0.1) is 13.2 Å². The number of carbonyl (C=O) groups is 2. The third kappa shape index (κ3) is 6.95. The first-order valence-electron chi connectivity index (χ1n) is 10.1. The zero-order valence-corrected chi connectivity index (χ0v) is 17.4. The second kappa shape index (κ2) is 10.1. The first-order valence-corrected chi connectivity index (χ1v) is 11.0. The van der Waals surface area contributed by atoms with Gasteiger partial charge in [-0.3, -0.25) is 9.69 Å². The molecule has 0 aromatic carbocycles. The molecule has 168 valence electrons. The monoisotopic (exact) mass is 448 g/mol. The van der Waals surface area contributed by atoms with Crippen molar-refractivity contribution in [2.45, 2.75) is 32.0 Å². The highest BCUT2D eigenvalue weighted by Crippen LogP contribution is 2.36. The van der Waals surface area contributed by atoms with E-state index in [2.05, 4.69) is 27.0 Å². The second-order valence-corrected chi connectivity index (χ2v) is 9.08. The van der Waals surface area contributed by atoms with Crippen molar-refractivity contribution < 1.29 is 32.6 Å². The number of ether oxygens (including phenoxy) is 1. The number of carbonyl (C=O) groups excluding carboxylic acids is 1. The maximum atomic E-state index is 12.2. The van der Waals surface area contributed by atoms with Gasteiger partial charge in [-0.2, -0.15) is 24.5 Å². The van der Waals surface area contributed by atoms with E-state index in [1.54, 1.807) is 11.3 Å². The molecule has 1 aromatic heterocycles. The van der Waals surface area contributed by atoms with Gasteiger partial charge in [-0.05, 0) is 58.9 Å². The highest BCUT2D eigenvalue weighted by atomic mass is 32.1. The average molecular weight is 449 g/mol. The summed E-state index contributed by atoms with van der Waals surface area (Å²) in [6.07, 6.45) is -1.87. The number of alkyl halides is 3. The lowest BCUT2D eigenvalue weighted by Crippen LogP contribution is -2.38. The topological polar surface area (TPSA) is 78.9 Å². The second-order valence-electron chi connectivity index (χ2n) is 8.30. The molecule has 0 unspecified atom stereocenters. The fourth-order valence-corrected chi connectivity index (χ4v) is 4.72. The summed E-state index contributed by atoms with van der Waals surface area (Å²) >= 11 is 1.77. The molecule has 3 heterocycles. The maximum absolute atomic E-state index is 12.2. The molecule has 1 amide bonds. The Bertz CT molecular complexity index is 709. The number of hydrogen-bond donors (Lipinski definition) is 2. The number of thiophene rings is 1. The lowest BCUT2D eigenvalue weighted by molar-refractivity contribution is -0.192. The number of fused-ring (bicyclic) bond motifs is 1. The molecule has 0 radical (unpaired) electrons. The number of hydrogen-bond acceptors (Lipinski definition) is 5. The summed E-state index contributed by atoms with van der Waals surface area (Å²) in [7, 11) is 0. The van der Waals surface area contributed by atoms with E-state index in [-0.39, 0.29) is 5.91 Å². The van der Waals surface area contributed by atoms with Gasteiger partial charge in [-0.1, -0.05) is 0 Å². The van der Waals surface area contributed by atoms with E-state index in [9.17, 15) is 18.0 Å². The lowest BCUT2D eigenvalue weighted by Gasteiger charge is -2.32. The van der Waals surface area contributed by atoms with E-state index in [4.69, 9.17) is 14.6 Å². The summed E-state index contributed by atoms with van der Waals surface area (Å²) in [6, 6.07) is 2.21. The number of carboxylic acids is 1. The SMILES string of the molecule is O=C(C[C@@H]1COC[C@H]2CN(Cc3ccsc3)C[C@@H]12)NCC1CC1.O=C(O)C(F)(F)F. The summed E-state index contributed by atoms with van der Waals surface area (Å²) in [5, 5.41) is 14.6. The van der Waals surface area contributed by atoms with Crippen LogP contribution >= 0.6 is 11.3 Å². The van der Waals surface area contributed by atoms with Crippen LogP contribution in [0.5, 0.6) is 0 Å². The van der Waals surface area contributed by atoms with E-state index in [1.165, 1.54) is 18.4 Å². The largest absolute Gasteiger partial charge is 0.490 e. The van der Waals surface area contributed by atoms with Crippen LogP contribution in [0.15, 0.2) is 16.8 Å². The van der Waals surface area contributed by atoms with Crippen molar-refractivity contribution >= 4 is 23.2 Å². The van der Waals surface area contributed by atoms with Crippen molar-refractivity contribution in [3.63, 3.8) is 0 Å². The normalized spacial score (nSPS) is 26.4. The highest BCUT2D eigenvalue weighted by molar-refractivity contribution is 7.07. The van der Waals surface area contributed by atoms with Crippen molar-refractivity contribution in [2.75, 3.05) is 32.8 Å². The van der Waals surface area contributed by atoms with Gasteiger partial charge >= 0.3 is 12.1 Å². The molecule has 3 atom stereocenters. The molecule has 2 aliphatic heterocycles. The Labute approximate surface area is 177 Å². The smallest absolute Gasteiger partial charge is 0.475 e. The molecule has 6 nitrogen and oxygen atoms in total. The summed E-state index contributed by atoms with van der Waals surface area (Å²) in [5.74, 6) is -0.171. The van der Waals surface area contributed by atoms with Crippen LogP contribution in [0.2, 0.25) is 0 Å². The molecule has 10 heteroatoms. The van der Waals surface area contributed by atoms with Crippen molar-refractivity contribution in [1.82, 2.24) is 10.2 Å². The van der Waals surface area contributed by atoms with Gasteiger partial charge in [0.15, 0.2) is 0 Å². The number of nitrogens with zero attached hydrogens (tertiary/aromatic N) is 1. The van der Waals surface area contributed by atoms with E-state index in [0.717, 1.165) is 45.3 Å². The Kier molecular flexibility index (Phi) is 7.75. The number of likely N-dealkylation sites (tertiary alicyclic amines) is 1. The molecule has 0 spiro atoms. The molecule has 2 saturated heterocycles. The summed E-state index contributed by atoms with van der Waals surface area (Å²) < 4.78 is 37.5. The first-order chi connectivity index (χ1) is 14.2. The Balaban J connectivity index is 0.000000318. The Morgan fingerprint density at radius 2 is 2.00 bits per heavy atom. The third-order valence-electron chi connectivity index (χ3n) is 5.80. The highest BCUT2D eigenvalue weighted by Gasteiger charge is 2.41. The summed E-state index contributed by atoms with van der Waals surface area (Å²) in [4.78, 5) is 23.6. The number of rotatable bonds is 6. The van der Waals surface area contributed by atoms with Gasteiger partial charge in [0.1, 0.15) is 0 Å². The van der Waals surface area contributed by atoms with Crippen molar-refractivity contribution in [2.24, 2.45) is 23.7 Å². The zero-order chi connectivity index (χ0) is 21.7. The van der Waals surface area contributed by atoms with E-state index >= 15 is 0 Å². The molecule has 30 heavy (non-hydrogen) atoms. The zero-order valence-electron chi connectivity index (χ0n) is 16.6. The average Bonchev–Trinajstić information content (AvgIpc) is 3.18. The molecule has 2 N–H and O–H groups in total. The van der Waals surface area contributed by atoms with E-state index in [0.29, 0.717) is 24.2 Å². The molecule has 1 saturated carbocycles. The van der Waals surface area contributed by atoms with Crippen LogP contribution in [0.3, 0.4) is 0 Å². The fourth-order valence-electron chi connectivity index (χ4n) is 4.06. The van der Waals surface area contributed by atoms with Crippen molar-refractivity contribution in [1.29, 1.82) is 0 Å². The standard InChI is InChI=1S/C18H26N2O2S.C2HF3O2/c21-18(19-6-13-1-2-13)5-15-10-22-11-16-8-20(9-17(15)16)7-14-3-4-23-12-14;3-2(4,5)1(6)7/h3-4,12-13,15-17H,1-2,5-11H2,(H,19,21);(H,6,7)/t15-,16-,17+;/m1./s1. The maximum Gasteiger partial charge on any atom is 0.490 e. The molecule has 3 fully saturated rings. The van der Waals surface area contributed by atoms with Gasteiger partial charge < -0.3 is 15.2 Å². The number of halogens is 3. The lowest BCUT2D eigenvalue weighted by atomic mass is 9.81. The first kappa shape index (κ1) is 23.0. The van der Waals surface area contributed by atoms with Crippen LogP contribution < -0.4 is 5.32 Å². The predicted molar refractivity (Wildman–Crippen MR) is 105 cm³/mol. The Morgan fingerprint density at radius 3 is 2.60 bits per heavy atom. The fraction of sp³-hybridized carbons (Fsp3) is 0.700. The van der Waals surface area contributed by atoms with Crippen molar-refractivity contribution in [3.05, 3.63) is 22.4 Å². The third-order valence-corrected chi connectivity index (χ3v) is 6.53. The minimum Gasteiger partial charge on any atom is -0.475 e. The number of carboxylic acid groups (broad SMARTS) is 1. The van der Waals surface area contributed by atoms with Crippen LogP contribution in [0.4, 0.5) is 13.2 Å². The number of amides is 1. The van der Waals surface area contributed by atoms with Crippen LogP contribution in [-0.4, -0.2) is 60.9 Å². The minimum absolute atomic E-state index is 0.224. The van der Waals surface area contributed by atoms with Crippen LogP contribution in [-0.2, 0) is 20.9 Å². The Morgan fingerprint density at radius 1 is 1.27 bits per heavy atom. The molecule has 0 bridgehead atoms. The van der Waals surface area contributed by atoms with Gasteiger partial charge in [0, 0.05) is 32.6 Å². The van der Waals surface area contributed by atoms with Gasteiger partial charge in [0.2, 0.25) is 5.91 Å². The van der Waals surface area contributed by atoms with Crippen LogP contribution in [0.1, 0.15) is 24.8 Å². The molecular formula is C20H27F3N2O4S. The molecular weight excluding hydrogens is 421 g/mol. The molecule has 4 rings (SSSR count). The molecule has 3 aliphatic rings. The summed E-state index contributed by atoms with van der Waals surface area (Å²) in [6.45, 7) is 5.77. The van der Waals surface area contributed by atoms with Gasteiger partial charge in [-0.15, -0.1) is 0 Å². The van der Waals surface area contributed by atoms with Gasteiger partial charge in [-0.25, -0.2) is 4.79 Å². The van der Waals surface area contributed by atoms with Gasteiger partial charge in [0.25, 0.3) is 0 Å². The number of aliphatic carboxylic acids is 1. The van der Waals surface area contributed by atoms with Crippen LogP contribution in [0, 0.1) is 23.7 Å². The Hall–Kier alpha value is -1.65. The quantitative estimate of drug-likeness (QED) is 0.700. The van der Waals surface area contributed by atoms with E-state index in [1.807, 2.05) is 0 Å². The minimum atomic E-state index is -5.08. The summed E-state index contributed by atoms with van der Waals surface area (Å²) in [5.41, 5.74) is 1.41. The van der Waals surface area contributed by atoms with E-state index < -0.39 is 12.1 Å². The number of nitrogens with one attached hydrogen (secondary N) is 1. The van der Waals surface area contributed by atoms with Crippen molar-refractivity contribution in [3.8, 4) is 0 Å². The molecule has 1 aromatic rings.